The number of nitrogens with one attached hydrogen (secondary N) is 1. The van der Waals surface area contributed by atoms with E-state index in [1.165, 1.54) is 19.3 Å². The van der Waals surface area contributed by atoms with Gasteiger partial charge in [0.25, 0.3) is 0 Å². The highest BCUT2D eigenvalue weighted by Crippen LogP contribution is 2.41. The van der Waals surface area contributed by atoms with Gasteiger partial charge >= 0.3 is 0 Å². The van der Waals surface area contributed by atoms with Crippen molar-refractivity contribution in [3.63, 3.8) is 0 Å². The molecule has 88 valence electrons. The van der Waals surface area contributed by atoms with Gasteiger partial charge in [0.2, 0.25) is 0 Å². The fourth-order valence-corrected chi connectivity index (χ4v) is 3.54. The number of thioether (sulfide) groups is 1. The molecule has 0 aromatic rings. The highest BCUT2D eigenvalue weighted by molar-refractivity contribution is 8.00. The average molecular weight is 229 g/mol. The lowest BCUT2D eigenvalue weighted by molar-refractivity contribution is -0.0253. The molecule has 2 aliphatic rings. The first-order valence-corrected chi connectivity index (χ1v) is 7.28. The van der Waals surface area contributed by atoms with E-state index >= 15 is 0 Å². The molecule has 2 saturated carbocycles. The highest BCUT2D eigenvalue weighted by Gasteiger charge is 2.45. The Bertz CT molecular complexity index is 220. The molecular weight excluding hydrogens is 206 g/mol. The van der Waals surface area contributed by atoms with Gasteiger partial charge in [0, 0.05) is 17.8 Å². The van der Waals surface area contributed by atoms with Crippen molar-refractivity contribution >= 4 is 11.8 Å². The number of aliphatic hydroxyl groups is 1. The maximum Gasteiger partial charge on any atom is 0.0889 e. The van der Waals surface area contributed by atoms with Crippen LogP contribution in [0.4, 0.5) is 0 Å². The van der Waals surface area contributed by atoms with E-state index in [0.717, 1.165) is 24.6 Å². The maximum atomic E-state index is 10.4. The van der Waals surface area contributed by atoms with Crippen LogP contribution in [0.25, 0.3) is 0 Å². The molecule has 0 heterocycles. The average Bonchev–Trinajstić information content (AvgIpc) is 3.04. The third-order valence-corrected chi connectivity index (χ3v) is 5.28. The molecule has 0 bridgehead atoms. The lowest BCUT2D eigenvalue weighted by atomic mass is 9.79. The standard InChI is InChI=1S/C12H23NOS/c1-3-15-11-6-7-12(11,14)8-13-9(2)10-4-5-10/h9-11,13-14H,3-8H2,1-2H3. The summed E-state index contributed by atoms with van der Waals surface area (Å²) in [5.74, 6) is 2.00. The van der Waals surface area contributed by atoms with Crippen molar-refractivity contribution in [1.82, 2.24) is 5.32 Å². The first-order valence-electron chi connectivity index (χ1n) is 6.23. The molecule has 3 heteroatoms. The Morgan fingerprint density at radius 2 is 2.20 bits per heavy atom. The third-order valence-electron chi connectivity index (χ3n) is 3.87. The van der Waals surface area contributed by atoms with Crippen LogP contribution < -0.4 is 5.32 Å². The van der Waals surface area contributed by atoms with E-state index in [-0.39, 0.29) is 0 Å². The van der Waals surface area contributed by atoms with Crippen LogP contribution in [0.3, 0.4) is 0 Å². The fourth-order valence-electron chi connectivity index (χ4n) is 2.34. The summed E-state index contributed by atoms with van der Waals surface area (Å²) in [7, 11) is 0. The zero-order valence-corrected chi connectivity index (χ0v) is 10.6. The second-order valence-corrected chi connectivity index (χ2v) is 6.57. The summed E-state index contributed by atoms with van der Waals surface area (Å²) in [6, 6.07) is 0.599. The van der Waals surface area contributed by atoms with E-state index in [4.69, 9.17) is 0 Å². The van der Waals surface area contributed by atoms with Gasteiger partial charge in [-0.15, -0.1) is 0 Å². The zero-order chi connectivity index (χ0) is 10.9. The molecule has 2 fully saturated rings. The summed E-state index contributed by atoms with van der Waals surface area (Å²) < 4.78 is 0. The third kappa shape index (κ3) is 2.69. The molecule has 0 aliphatic heterocycles. The molecule has 2 nitrogen and oxygen atoms in total. The summed E-state index contributed by atoms with van der Waals surface area (Å²) in [6.45, 7) is 5.22. The predicted octanol–water partition coefficient (Wildman–Crippen LogP) is 2.02. The van der Waals surface area contributed by atoms with Crippen LogP contribution in [0.1, 0.15) is 39.5 Å². The van der Waals surface area contributed by atoms with Gasteiger partial charge in [-0.05, 0) is 44.3 Å². The van der Waals surface area contributed by atoms with Crippen LogP contribution in [-0.2, 0) is 0 Å². The summed E-state index contributed by atoms with van der Waals surface area (Å²) in [4.78, 5) is 0. The predicted molar refractivity (Wildman–Crippen MR) is 66.3 cm³/mol. The molecule has 0 saturated heterocycles. The Labute approximate surface area is 97.2 Å². The molecule has 2 N–H and O–H groups in total. The van der Waals surface area contributed by atoms with Crippen LogP contribution in [0.2, 0.25) is 0 Å². The van der Waals surface area contributed by atoms with E-state index in [9.17, 15) is 5.11 Å². The molecule has 15 heavy (non-hydrogen) atoms. The van der Waals surface area contributed by atoms with E-state index in [1.54, 1.807) is 0 Å². The van der Waals surface area contributed by atoms with Crippen LogP contribution in [0, 0.1) is 5.92 Å². The summed E-state index contributed by atoms with van der Waals surface area (Å²) in [5.41, 5.74) is -0.413. The molecule has 0 spiro atoms. The van der Waals surface area contributed by atoms with E-state index in [1.807, 2.05) is 11.8 Å². The van der Waals surface area contributed by atoms with Crippen molar-refractivity contribution in [3.8, 4) is 0 Å². The molecule has 0 amide bonds. The second kappa shape index (κ2) is 4.64. The first kappa shape index (κ1) is 11.7. The van der Waals surface area contributed by atoms with E-state index in [2.05, 4.69) is 19.2 Å². The topological polar surface area (TPSA) is 32.3 Å². The normalized spacial score (nSPS) is 37.4. The van der Waals surface area contributed by atoms with Gasteiger partial charge in [0.05, 0.1) is 5.60 Å². The highest BCUT2D eigenvalue weighted by atomic mass is 32.2. The molecule has 2 rings (SSSR count). The smallest absolute Gasteiger partial charge is 0.0889 e. The molecule has 3 unspecified atom stereocenters. The van der Waals surface area contributed by atoms with Gasteiger partial charge in [0.15, 0.2) is 0 Å². The molecule has 2 aliphatic carbocycles. The van der Waals surface area contributed by atoms with Crippen LogP contribution in [-0.4, -0.2) is 34.3 Å². The maximum absolute atomic E-state index is 10.4. The van der Waals surface area contributed by atoms with Gasteiger partial charge in [0.1, 0.15) is 0 Å². The Morgan fingerprint density at radius 3 is 2.67 bits per heavy atom. The Balaban J connectivity index is 1.72. The molecular formula is C12H23NOS. The van der Waals surface area contributed by atoms with Gasteiger partial charge < -0.3 is 10.4 Å². The van der Waals surface area contributed by atoms with Crippen molar-refractivity contribution in [3.05, 3.63) is 0 Å². The summed E-state index contributed by atoms with van der Waals surface area (Å²) >= 11 is 1.91. The van der Waals surface area contributed by atoms with Crippen LogP contribution in [0.15, 0.2) is 0 Å². The quantitative estimate of drug-likeness (QED) is 0.731. The zero-order valence-electron chi connectivity index (χ0n) is 9.83. The molecule has 3 atom stereocenters. The molecule has 0 radical (unpaired) electrons. The minimum Gasteiger partial charge on any atom is -0.387 e. The van der Waals surface area contributed by atoms with Gasteiger partial charge in [-0.2, -0.15) is 11.8 Å². The van der Waals surface area contributed by atoms with E-state index < -0.39 is 5.60 Å². The minimum atomic E-state index is -0.413. The van der Waals surface area contributed by atoms with Crippen molar-refractivity contribution in [1.29, 1.82) is 0 Å². The molecule has 0 aromatic heterocycles. The fraction of sp³-hybridized carbons (Fsp3) is 1.00. The summed E-state index contributed by atoms with van der Waals surface area (Å²) in [5, 5.41) is 14.4. The minimum absolute atomic E-state index is 0.413. The van der Waals surface area contributed by atoms with E-state index in [0.29, 0.717) is 11.3 Å². The summed E-state index contributed by atoms with van der Waals surface area (Å²) in [6.07, 6.45) is 4.92. The van der Waals surface area contributed by atoms with Crippen molar-refractivity contribution in [2.75, 3.05) is 12.3 Å². The monoisotopic (exact) mass is 229 g/mol. The lowest BCUT2D eigenvalue weighted by Gasteiger charge is -2.45. The Kier molecular flexibility index (Phi) is 3.63. The van der Waals surface area contributed by atoms with Gasteiger partial charge in [-0.1, -0.05) is 6.92 Å². The number of hydrogen-bond acceptors (Lipinski definition) is 3. The second-order valence-electron chi connectivity index (χ2n) is 5.09. The van der Waals surface area contributed by atoms with Crippen molar-refractivity contribution < 1.29 is 5.11 Å². The largest absolute Gasteiger partial charge is 0.387 e. The van der Waals surface area contributed by atoms with Crippen molar-refractivity contribution in [2.24, 2.45) is 5.92 Å². The lowest BCUT2D eigenvalue weighted by Crippen LogP contribution is -2.57. The van der Waals surface area contributed by atoms with Gasteiger partial charge in [-0.3, -0.25) is 0 Å². The first-order chi connectivity index (χ1) is 7.15. The Hall–Kier alpha value is 0.270. The number of hydrogen-bond donors (Lipinski definition) is 2. The van der Waals surface area contributed by atoms with Crippen LogP contribution in [0.5, 0.6) is 0 Å². The Morgan fingerprint density at radius 1 is 1.47 bits per heavy atom. The molecule has 0 aromatic carbocycles. The number of rotatable bonds is 6. The van der Waals surface area contributed by atoms with Gasteiger partial charge in [-0.25, -0.2) is 0 Å². The van der Waals surface area contributed by atoms with Crippen molar-refractivity contribution in [2.45, 2.75) is 56.4 Å². The SMILES string of the molecule is CCSC1CCC1(O)CNC(C)C1CC1. The van der Waals surface area contributed by atoms with Crippen LogP contribution >= 0.6 is 11.8 Å².